The lowest BCUT2D eigenvalue weighted by molar-refractivity contribution is -0.124. The topological polar surface area (TPSA) is 115 Å². The second kappa shape index (κ2) is 6.28. The van der Waals surface area contributed by atoms with Gasteiger partial charge in [-0.3, -0.25) is 19.9 Å². The lowest BCUT2D eigenvalue weighted by atomic mass is 9.93. The molecule has 1 aliphatic rings. The lowest BCUT2D eigenvalue weighted by Crippen LogP contribution is -2.45. The van der Waals surface area contributed by atoms with Gasteiger partial charge in [0.05, 0.1) is 18.0 Å². The molecule has 1 fully saturated rings. The number of nitrogens with two attached hydrogens (primary N) is 2. The van der Waals surface area contributed by atoms with Crippen molar-refractivity contribution in [2.45, 2.75) is 39.3 Å². The minimum absolute atomic E-state index is 0.121. The van der Waals surface area contributed by atoms with Gasteiger partial charge in [-0.15, -0.1) is 0 Å². The molecule has 2 unspecified atom stereocenters. The highest BCUT2D eigenvalue weighted by Gasteiger charge is 2.29. The van der Waals surface area contributed by atoms with Crippen LogP contribution in [0.25, 0.3) is 0 Å². The number of amides is 2. The van der Waals surface area contributed by atoms with Gasteiger partial charge in [-0.1, -0.05) is 0 Å². The molecule has 0 aliphatic carbocycles. The van der Waals surface area contributed by atoms with Crippen LogP contribution in [0.1, 0.15) is 41.6 Å². The average Bonchev–Trinajstić information content (AvgIpc) is 2.81. The third-order valence-electron chi connectivity index (χ3n) is 4.12. The summed E-state index contributed by atoms with van der Waals surface area (Å²) in [5, 5.41) is 0. The fourth-order valence-electron chi connectivity index (χ4n) is 2.76. The number of hydrogen-bond acceptors (Lipinski definition) is 5. The van der Waals surface area contributed by atoms with Crippen LogP contribution in [0.2, 0.25) is 0 Å². The molecule has 0 aromatic carbocycles. The van der Waals surface area contributed by atoms with E-state index in [2.05, 4.69) is 17.2 Å². The molecular formula is C14H22N4O3. The largest absolute Gasteiger partial charge is 0.464 e. The van der Waals surface area contributed by atoms with Crippen LogP contribution in [0.5, 0.6) is 0 Å². The number of hydrogen-bond donors (Lipinski definition) is 3. The summed E-state index contributed by atoms with van der Waals surface area (Å²) in [5.74, 6) is 5.60. The molecule has 1 aliphatic heterocycles. The third kappa shape index (κ3) is 3.43. The predicted molar refractivity (Wildman–Crippen MR) is 76.9 cm³/mol. The summed E-state index contributed by atoms with van der Waals surface area (Å²) in [4.78, 5) is 25.1. The number of carbonyl (C=O) groups is 2. The van der Waals surface area contributed by atoms with Crippen molar-refractivity contribution in [3.8, 4) is 0 Å². The Balaban J connectivity index is 2.09. The van der Waals surface area contributed by atoms with E-state index in [1.807, 2.05) is 0 Å². The van der Waals surface area contributed by atoms with E-state index >= 15 is 0 Å². The lowest BCUT2D eigenvalue weighted by Gasteiger charge is -2.36. The molecule has 1 aromatic heterocycles. The molecule has 2 amide bonds. The van der Waals surface area contributed by atoms with E-state index in [0.717, 1.165) is 12.8 Å². The van der Waals surface area contributed by atoms with Gasteiger partial charge in [-0.2, -0.15) is 0 Å². The van der Waals surface area contributed by atoms with Crippen LogP contribution >= 0.6 is 0 Å². The van der Waals surface area contributed by atoms with Crippen LogP contribution in [0, 0.1) is 12.8 Å². The zero-order chi connectivity index (χ0) is 15.6. The van der Waals surface area contributed by atoms with Crippen LogP contribution in [0.15, 0.2) is 10.5 Å². The van der Waals surface area contributed by atoms with Crippen LogP contribution in [-0.4, -0.2) is 29.3 Å². The number of aryl methyl sites for hydroxylation is 1. The minimum atomic E-state index is -0.371. The first-order valence-electron chi connectivity index (χ1n) is 7.06. The van der Waals surface area contributed by atoms with Gasteiger partial charge < -0.3 is 10.2 Å². The first kappa shape index (κ1) is 15.5. The Morgan fingerprint density at radius 1 is 1.48 bits per heavy atom. The summed E-state index contributed by atoms with van der Waals surface area (Å²) < 4.78 is 5.61. The Hall–Kier alpha value is -1.86. The summed E-state index contributed by atoms with van der Waals surface area (Å²) in [7, 11) is 0. The molecule has 5 N–H and O–H groups in total. The first-order valence-corrected chi connectivity index (χ1v) is 7.06. The number of likely N-dealkylation sites (tertiary alicyclic amines) is 1. The quantitative estimate of drug-likeness (QED) is 0.419. The number of nitrogens with zero attached hydrogens (tertiary/aromatic N) is 1. The van der Waals surface area contributed by atoms with Gasteiger partial charge in [0, 0.05) is 12.6 Å². The zero-order valence-electron chi connectivity index (χ0n) is 12.4. The molecule has 0 radical (unpaired) electrons. The third-order valence-corrected chi connectivity index (χ3v) is 4.12. The molecule has 2 heterocycles. The standard InChI is InChI=1S/C14H22N4O3/c1-8-3-4-10(13(15)19)6-18(8)7-11-5-12(9(2)21-11)14(20)17-16/h5,8,10H,3-4,6-7,16H2,1-2H3,(H2,15,19)(H,17,20). The van der Waals surface area contributed by atoms with E-state index in [0.29, 0.717) is 36.2 Å². The molecule has 0 spiro atoms. The maximum absolute atomic E-state index is 11.6. The van der Waals surface area contributed by atoms with Crippen molar-refractivity contribution in [3.05, 3.63) is 23.2 Å². The summed E-state index contributed by atoms with van der Waals surface area (Å²) >= 11 is 0. The number of hydrazine groups is 1. The molecular weight excluding hydrogens is 272 g/mol. The van der Waals surface area contributed by atoms with Gasteiger partial charge in [0.1, 0.15) is 11.5 Å². The molecule has 7 heteroatoms. The van der Waals surface area contributed by atoms with Gasteiger partial charge in [0.25, 0.3) is 5.91 Å². The summed E-state index contributed by atoms with van der Waals surface area (Å²) in [5.41, 5.74) is 7.93. The van der Waals surface area contributed by atoms with Gasteiger partial charge >= 0.3 is 0 Å². The fourth-order valence-corrected chi connectivity index (χ4v) is 2.76. The van der Waals surface area contributed by atoms with Crippen molar-refractivity contribution in [3.63, 3.8) is 0 Å². The maximum Gasteiger partial charge on any atom is 0.268 e. The van der Waals surface area contributed by atoms with E-state index in [4.69, 9.17) is 16.0 Å². The van der Waals surface area contributed by atoms with Crippen molar-refractivity contribution >= 4 is 11.8 Å². The SMILES string of the molecule is Cc1oc(CN2CC(C(N)=O)CCC2C)cc1C(=O)NN. The minimum Gasteiger partial charge on any atom is -0.464 e. The van der Waals surface area contributed by atoms with Gasteiger partial charge in [0.15, 0.2) is 0 Å². The van der Waals surface area contributed by atoms with E-state index < -0.39 is 0 Å². The zero-order valence-corrected chi connectivity index (χ0v) is 12.4. The molecule has 0 saturated carbocycles. The number of piperidine rings is 1. The van der Waals surface area contributed by atoms with E-state index in [1.165, 1.54) is 0 Å². The Morgan fingerprint density at radius 3 is 2.81 bits per heavy atom. The number of furan rings is 1. The fraction of sp³-hybridized carbons (Fsp3) is 0.571. The summed E-state index contributed by atoms with van der Waals surface area (Å²) in [6.07, 6.45) is 1.74. The smallest absolute Gasteiger partial charge is 0.268 e. The average molecular weight is 294 g/mol. The van der Waals surface area contributed by atoms with Gasteiger partial charge in [-0.05, 0) is 32.8 Å². The van der Waals surface area contributed by atoms with E-state index in [1.54, 1.807) is 13.0 Å². The normalized spacial score (nSPS) is 23.0. The highest BCUT2D eigenvalue weighted by Crippen LogP contribution is 2.25. The van der Waals surface area contributed by atoms with Crippen molar-refractivity contribution in [2.75, 3.05) is 6.54 Å². The van der Waals surface area contributed by atoms with Crippen LogP contribution in [0.3, 0.4) is 0 Å². The van der Waals surface area contributed by atoms with Crippen LogP contribution < -0.4 is 17.0 Å². The second-order valence-corrected chi connectivity index (χ2v) is 5.61. The molecule has 1 aromatic rings. The Kier molecular flexibility index (Phi) is 4.64. The molecule has 0 bridgehead atoms. The van der Waals surface area contributed by atoms with Gasteiger partial charge in [0.2, 0.25) is 5.91 Å². The molecule has 116 valence electrons. The Morgan fingerprint density at radius 2 is 2.19 bits per heavy atom. The van der Waals surface area contributed by atoms with Crippen molar-refractivity contribution in [1.82, 2.24) is 10.3 Å². The molecule has 7 nitrogen and oxygen atoms in total. The monoisotopic (exact) mass is 294 g/mol. The number of nitrogen functional groups attached to an aromatic ring is 1. The van der Waals surface area contributed by atoms with Crippen molar-refractivity contribution < 1.29 is 14.0 Å². The van der Waals surface area contributed by atoms with E-state index in [-0.39, 0.29) is 17.7 Å². The molecule has 2 rings (SSSR count). The highest BCUT2D eigenvalue weighted by atomic mass is 16.3. The van der Waals surface area contributed by atoms with E-state index in [9.17, 15) is 9.59 Å². The number of primary amides is 1. The number of rotatable bonds is 4. The molecule has 1 saturated heterocycles. The van der Waals surface area contributed by atoms with Crippen LogP contribution in [0.4, 0.5) is 0 Å². The number of nitrogens with one attached hydrogen (secondary N) is 1. The Labute approximate surface area is 123 Å². The Bertz CT molecular complexity index is 540. The van der Waals surface area contributed by atoms with Crippen LogP contribution in [-0.2, 0) is 11.3 Å². The number of carbonyl (C=O) groups excluding carboxylic acids is 2. The molecule has 21 heavy (non-hydrogen) atoms. The predicted octanol–water partition coefficient (Wildman–Crippen LogP) is 0.277. The first-order chi connectivity index (χ1) is 9.92. The highest BCUT2D eigenvalue weighted by molar-refractivity contribution is 5.94. The molecule has 2 atom stereocenters. The van der Waals surface area contributed by atoms with Crippen molar-refractivity contribution in [2.24, 2.45) is 17.5 Å². The second-order valence-electron chi connectivity index (χ2n) is 5.61. The summed E-state index contributed by atoms with van der Waals surface area (Å²) in [6.45, 7) is 5.00. The summed E-state index contributed by atoms with van der Waals surface area (Å²) in [6, 6.07) is 2.04. The van der Waals surface area contributed by atoms with Gasteiger partial charge in [-0.25, -0.2) is 5.84 Å². The van der Waals surface area contributed by atoms with Crippen molar-refractivity contribution in [1.29, 1.82) is 0 Å². The maximum atomic E-state index is 11.6.